The predicted molar refractivity (Wildman–Crippen MR) is 90.2 cm³/mol. The van der Waals surface area contributed by atoms with E-state index in [1.54, 1.807) is 18.3 Å². The molecule has 1 aliphatic rings. The van der Waals surface area contributed by atoms with Crippen molar-refractivity contribution >= 4 is 15.8 Å². The molecule has 8 heteroatoms. The van der Waals surface area contributed by atoms with E-state index in [1.807, 2.05) is 18.2 Å². The lowest BCUT2D eigenvalue weighted by molar-refractivity contribution is 0.0730. The third-order valence-electron chi connectivity index (χ3n) is 3.76. The number of nitrogens with one attached hydrogen (secondary N) is 1. The quantitative estimate of drug-likeness (QED) is 0.843. The Hall–Kier alpha value is -2.03. The Morgan fingerprint density at radius 1 is 1.12 bits per heavy atom. The zero-order chi connectivity index (χ0) is 16.8. The van der Waals surface area contributed by atoms with Crippen LogP contribution >= 0.6 is 0 Å². The summed E-state index contributed by atoms with van der Waals surface area (Å²) in [7, 11) is -3.49. The lowest BCUT2D eigenvalue weighted by atomic mass is 10.3. The highest BCUT2D eigenvalue weighted by molar-refractivity contribution is 7.89. The van der Waals surface area contributed by atoms with E-state index in [2.05, 4.69) is 15.3 Å². The molecule has 1 aliphatic heterocycles. The zero-order valence-electron chi connectivity index (χ0n) is 13.3. The van der Waals surface area contributed by atoms with Gasteiger partial charge in [0.05, 0.1) is 13.2 Å². The number of aromatic nitrogens is 2. The van der Waals surface area contributed by atoms with Crippen molar-refractivity contribution in [3.05, 3.63) is 48.4 Å². The van der Waals surface area contributed by atoms with Gasteiger partial charge in [-0.2, -0.15) is 4.31 Å². The second-order valence-corrected chi connectivity index (χ2v) is 7.33. The van der Waals surface area contributed by atoms with Crippen molar-refractivity contribution in [2.75, 3.05) is 38.2 Å². The van der Waals surface area contributed by atoms with E-state index in [0.717, 1.165) is 12.1 Å². The van der Waals surface area contributed by atoms with Gasteiger partial charge >= 0.3 is 0 Å². The van der Waals surface area contributed by atoms with Gasteiger partial charge in [-0.3, -0.25) is 4.98 Å². The predicted octanol–water partition coefficient (Wildman–Crippen LogP) is 1.15. The Morgan fingerprint density at radius 3 is 2.62 bits per heavy atom. The first-order valence-corrected chi connectivity index (χ1v) is 9.28. The van der Waals surface area contributed by atoms with E-state index in [-0.39, 0.29) is 4.90 Å². The molecule has 2 aromatic rings. The van der Waals surface area contributed by atoms with Gasteiger partial charge in [-0.05, 0) is 24.3 Å². The van der Waals surface area contributed by atoms with E-state index in [9.17, 15) is 8.42 Å². The normalized spacial score (nSPS) is 16.0. The fourth-order valence-electron chi connectivity index (χ4n) is 2.44. The highest BCUT2D eigenvalue weighted by Gasteiger charge is 2.26. The number of anilines is 1. The van der Waals surface area contributed by atoms with Crippen LogP contribution in [-0.4, -0.2) is 55.5 Å². The summed E-state index contributed by atoms with van der Waals surface area (Å²) in [6.07, 6.45) is 3.93. The van der Waals surface area contributed by atoms with Gasteiger partial charge in [-0.1, -0.05) is 6.07 Å². The van der Waals surface area contributed by atoms with Crippen LogP contribution < -0.4 is 5.32 Å². The minimum Gasteiger partial charge on any atom is -0.379 e. The van der Waals surface area contributed by atoms with E-state index < -0.39 is 10.0 Å². The van der Waals surface area contributed by atoms with Crippen molar-refractivity contribution in [1.29, 1.82) is 0 Å². The van der Waals surface area contributed by atoms with Gasteiger partial charge in [-0.15, -0.1) is 0 Å². The van der Waals surface area contributed by atoms with Crippen LogP contribution in [0.4, 0.5) is 5.82 Å². The van der Waals surface area contributed by atoms with Crippen LogP contribution in [0.5, 0.6) is 0 Å². The minimum absolute atomic E-state index is 0.208. The molecule has 7 nitrogen and oxygen atoms in total. The summed E-state index contributed by atoms with van der Waals surface area (Å²) in [5, 5.41) is 3.17. The van der Waals surface area contributed by atoms with Crippen LogP contribution in [0.15, 0.2) is 47.6 Å². The van der Waals surface area contributed by atoms with Gasteiger partial charge in [0, 0.05) is 44.1 Å². The van der Waals surface area contributed by atoms with E-state index in [1.165, 1.54) is 10.5 Å². The van der Waals surface area contributed by atoms with E-state index in [4.69, 9.17) is 4.74 Å². The molecule has 0 aliphatic carbocycles. The smallest absolute Gasteiger partial charge is 0.244 e. The maximum atomic E-state index is 12.5. The molecule has 128 valence electrons. The molecule has 2 aromatic heterocycles. The molecule has 1 saturated heterocycles. The lowest BCUT2D eigenvalue weighted by Gasteiger charge is -2.25. The SMILES string of the molecule is O=S(=O)(c1ccc(NCCc2ccccn2)nc1)N1CCOCC1. The lowest BCUT2D eigenvalue weighted by Crippen LogP contribution is -2.40. The van der Waals surface area contributed by atoms with Crippen molar-refractivity contribution in [1.82, 2.24) is 14.3 Å². The standard InChI is InChI=1S/C16H20N4O3S/c21-24(22,20-9-11-23-12-10-20)15-4-5-16(19-13-15)18-8-6-14-3-1-2-7-17-14/h1-5,7,13H,6,8-12H2,(H,18,19). The first-order valence-electron chi connectivity index (χ1n) is 7.84. The second-order valence-electron chi connectivity index (χ2n) is 5.39. The molecular formula is C16H20N4O3S. The molecule has 3 heterocycles. The maximum Gasteiger partial charge on any atom is 0.244 e. The molecule has 0 amide bonds. The van der Waals surface area contributed by atoms with Crippen LogP contribution in [0, 0.1) is 0 Å². The molecule has 24 heavy (non-hydrogen) atoms. The van der Waals surface area contributed by atoms with E-state index >= 15 is 0 Å². The van der Waals surface area contributed by atoms with Crippen LogP contribution in [-0.2, 0) is 21.2 Å². The summed E-state index contributed by atoms with van der Waals surface area (Å²) < 4.78 is 31.6. The monoisotopic (exact) mass is 348 g/mol. The Kier molecular flexibility index (Phi) is 5.39. The molecule has 0 aromatic carbocycles. The number of rotatable bonds is 6. The Morgan fingerprint density at radius 2 is 1.96 bits per heavy atom. The fourth-order valence-corrected chi connectivity index (χ4v) is 3.79. The highest BCUT2D eigenvalue weighted by Crippen LogP contribution is 2.17. The van der Waals surface area contributed by atoms with Gasteiger partial charge in [0.15, 0.2) is 0 Å². The average molecular weight is 348 g/mol. The molecule has 1 fully saturated rings. The summed E-state index contributed by atoms with van der Waals surface area (Å²) in [6.45, 7) is 2.30. The van der Waals surface area contributed by atoms with Crippen LogP contribution in [0.25, 0.3) is 0 Å². The average Bonchev–Trinajstić information content (AvgIpc) is 2.64. The number of pyridine rings is 2. The Balaban J connectivity index is 1.58. The Labute approximate surface area is 141 Å². The summed E-state index contributed by atoms with van der Waals surface area (Å²) in [5.41, 5.74) is 0.997. The molecular weight excluding hydrogens is 328 g/mol. The molecule has 0 radical (unpaired) electrons. The number of morpholine rings is 1. The van der Waals surface area contributed by atoms with E-state index in [0.29, 0.717) is 38.7 Å². The van der Waals surface area contributed by atoms with Gasteiger partial charge in [0.1, 0.15) is 10.7 Å². The minimum atomic E-state index is -3.49. The largest absolute Gasteiger partial charge is 0.379 e. The second kappa shape index (κ2) is 7.69. The van der Waals surface area contributed by atoms with Gasteiger partial charge < -0.3 is 10.1 Å². The highest BCUT2D eigenvalue weighted by atomic mass is 32.2. The van der Waals surface area contributed by atoms with Gasteiger partial charge in [-0.25, -0.2) is 13.4 Å². The van der Waals surface area contributed by atoms with Crippen LogP contribution in [0.2, 0.25) is 0 Å². The van der Waals surface area contributed by atoms with Crippen molar-refractivity contribution in [3.8, 4) is 0 Å². The van der Waals surface area contributed by atoms with Gasteiger partial charge in [0.25, 0.3) is 0 Å². The summed E-state index contributed by atoms with van der Waals surface area (Å²) in [5.74, 6) is 0.645. The Bertz CT molecular complexity index is 745. The zero-order valence-corrected chi connectivity index (χ0v) is 14.1. The molecule has 0 bridgehead atoms. The molecule has 3 rings (SSSR count). The number of ether oxygens (including phenoxy) is 1. The molecule has 0 atom stereocenters. The molecule has 1 N–H and O–H groups in total. The number of nitrogens with zero attached hydrogens (tertiary/aromatic N) is 3. The third kappa shape index (κ3) is 4.08. The molecule has 0 spiro atoms. The summed E-state index contributed by atoms with van der Waals surface area (Å²) in [4.78, 5) is 8.66. The van der Waals surface area contributed by atoms with Crippen molar-refractivity contribution in [2.45, 2.75) is 11.3 Å². The number of sulfonamides is 1. The summed E-state index contributed by atoms with van der Waals surface area (Å²) in [6, 6.07) is 9.07. The van der Waals surface area contributed by atoms with Gasteiger partial charge in [0.2, 0.25) is 10.0 Å². The molecule has 0 unspecified atom stereocenters. The topological polar surface area (TPSA) is 84.4 Å². The van der Waals surface area contributed by atoms with Crippen LogP contribution in [0.3, 0.4) is 0 Å². The summed E-state index contributed by atoms with van der Waals surface area (Å²) >= 11 is 0. The first kappa shape index (κ1) is 16.8. The van der Waals surface area contributed by atoms with Crippen molar-refractivity contribution in [3.63, 3.8) is 0 Å². The number of hydrogen-bond acceptors (Lipinski definition) is 6. The maximum absolute atomic E-state index is 12.5. The third-order valence-corrected chi connectivity index (χ3v) is 5.64. The molecule has 0 saturated carbocycles. The first-order chi connectivity index (χ1) is 11.7. The fraction of sp³-hybridized carbons (Fsp3) is 0.375. The van der Waals surface area contributed by atoms with Crippen molar-refractivity contribution in [2.24, 2.45) is 0 Å². The number of hydrogen-bond donors (Lipinski definition) is 1. The van der Waals surface area contributed by atoms with Crippen LogP contribution in [0.1, 0.15) is 5.69 Å². The van der Waals surface area contributed by atoms with Crippen molar-refractivity contribution < 1.29 is 13.2 Å².